The first-order valence-electron chi connectivity index (χ1n) is 6.83. The van der Waals surface area contributed by atoms with Crippen molar-refractivity contribution < 1.29 is 9.18 Å². The number of aromatic nitrogens is 2. The van der Waals surface area contributed by atoms with E-state index in [-0.39, 0.29) is 17.9 Å². The summed E-state index contributed by atoms with van der Waals surface area (Å²) < 4.78 is 13.4. The monoisotopic (exact) mass is 306 g/mol. The number of anilines is 1. The van der Waals surface area contributed by atoms with Gasteiger partial charge in [-0.05, 0) is 37.0 Å². The van der Waals surface area contributed by atoms with E-state index in [1.807, 2.05) is 6.07 Å². The number of nitrogens with zero attached hydrogens (tertiary/aromatic N) is 3. The van der Waals surface area contributed by atoms with Crippen molar-refractivity contribution in [2.24, 2.45) is 0 Å². The van der Waals surface area contributed by atoms with Gasteiger partial charge in [-0.1, -0.05) is 23.5 Å². The third-order valence-corrected chi connectivity index (χ3v) is 4.18. The van der Waals surface area contributed by atoms with E-state index in [0.717, 1.165) is 24.8 Å². The summed E-state index contributed by atoms with van der Waals surface area (Å²) in [5.74, 6) is -0.275. The lowest BCUT2D eigenvalue weighted by Crippen LogP contribution is -2.41. The van der Waals surface area contributed by atoms with Gasteiger partial charge in [0.05, 0.1) is 6.04 Å². The second-order valence-electron chi connectivity index (χ2n) is 4.93. The SMILES string of the molecule is O=C(Nc1nncs1)N1CCCC[C@@H]1c1cccc(F)c1. The summed E-state index contributed by atoms with van der Waals surface area (Å²) in [5, 5.41) is 10.7. The normalized spacial score (nSPS) is 18.5. The number of rotatable bonds is 2. The average Bonchev–Trinajstić information content (AvgIpc) is 3.00. The van der Waals surface area contributed by atoms with E-state index in [1.165, 1.54) is 23.5 Å². The van der Waals surface area contributed by atoms with Crippen molar-refractivity contribution in [1.29, 1.82) is 0 Å². The maximum Gasteiger partial charge on any atom is 0.324 e. The lowest BCUT2D eigenvalue weighted by molar-refractivity contribution is 0.163. The van der Waals surface area contributed by atoms with Crippen LogP contribution in [0.5, 0.6) is 0 Å². The van der Waals surface area contributed by atoms with Gasteiger partial charge in [-0.3, -0.25) is 5.32 Å². The van der Waals surface area contributed by atoms with Crippen LogP contribution in [0.3, 0.4) is 0 Å². The maximum absolute atomic E-state index is 13.4. The molecule has 1 atom stereocenters. The molecule has 1 fully saturated rings. The Bertz CT molecular complexity index is 619. The van der Waals surface area contributed by atoms with E-state index in [9.17, 15) is 9.18 Å². The van der Waals surface area contributed by atoms with Crippen LogP contribution in [-0.2, 0) is 0 Å². The second kappa shape index (κ2) is 6.17. The minimum absolute atomic E-state index is 0.0950. The van der Waals surface area contributed by atoms with Crippen LogP contribution in [0, 0.1) is 5.82 Å². The van der Waals surface area contributed by atoms with Crippen LogP contribution >= 0.6 is 11.3 Å². The second-order valence-corrected chi connectivity index (χ2v) is 5.77. The highest BCUT2D eigenvalue weighted by Gasteiger charge is 2.28. The zero-order valence-corrected chi connectivity index (χ0v) is 12.1. The number of halogens is 1. The fourth-order valence-electron chi connectivity index (χ4n) is 2.63. The molecule has 1 N–H and O–H groups in total. The van der Waals surface area contributed by atoms with Crippen LogP contribution in [0.2, 0.25) is 0 Å². The number of hydrogen-bond donors (Lipinski definition) is 1. The van der Waals surface area contributed by atoms with Crippen LogP contribution in [0.4, 0.5) is 14.3 Å². The summed E-state index contributed by atoms with van der Waals surface area (Å²) in [6.45, 7) is 0.659. The van der Waals surface area contributed by atoms with E-state index in [4.69, 9.17) is 0 Å². The number of amides is 2. The standard InChI is InChI=1S/C14H15FN4OS/c15-11-5-3-4-10(8-11)12-6-1-2-7-19(12)14(20)17-13-18-16-9-21-13/h3-5,8-9,12H,1-2,6-7H2,(H,17,18,20)/t12-/m1/s1. The van der Waals surface area contributed by atoms with E-state index >= 15 is 0 Å². The Balaban J connectivity index is 1.79. The Hall–Kier alpha value is -2.02. The lowest BCUT2D eigenvalue weighted by Gasteiger charge is -2.35. The van der Waals surface area contributed by atoms with E-state index in [2.05, 4.69) is 15.5 Å². The molecule has 3 rings (SSSR count). The fourth-order valence-corrected chi connectivity index (χ4v) is 3.06. The molecular weight excluding hydrogens is 291 g/mol. The molecule has 2 heterocycles. The number of nitrogens with one attached hydrogen (secondary N) is 1. The molecule has 0 aliphatic carbocycles. The largest absolute Gasteiger partial charge is 0.324 e. The summed E-state index contributed by atoms with van der Waals surface area (Å²) >= 11 is 1.27. The maximum atomic E-state index is 13.4. The third kappa shape index (κ3) is 3.18. The van der Waals surface area contributed by atoms with Crippen molar-refractivity contribution in [2.75, 3.05) is 11.9 Å². The molecule has 0 saturated carbocycles. The van der Waals surface area contributed by atoms with Crippen LogP contribution < -0.4 is 5.32 Å². The van der Waals surface area contributed by atoms with E-state index in [0.29, 0.717) is 11.7 Å². The number of benzene rings is 1. The van der Waals surface area contributed by atoms with Gasteiger partial charge in [-0.15, -0.1) is 10.2 Å². The minimum Gasteiger partial charge on any atom is -0.317 e. The number of likely N-dealkylation sites (tertiary alicyclic amines) is 1. The molecule has 1 aromatic carbocycles. The third-order valence-electron chi connectivity index (χ3n) is 3.57. The molecule has 110 valence electrons. The number of carbonyl (C=O) groups excluding carboxylic acids is 1. The molecule has 21 heavy (non-hydrogen) atoms. The van der Waals surface area contributed by atoms with Gasteiger partial charge in [0.2, 0.25) is 5.13 Å². The summed E-state index contributed by atoms with van der Waals surface area (Å²) in [5.41, 5.74) is 2.40. The smallest absolute Gasteiger partial charge is 0.317 e. The molecule has 1 aromatic heterocycles. The van der Waals surface area contributed by atoms with Crippen molar-refractivity contribution in [3.05, 3.63) is 41.2 Å². The van der Waals surface area contributed by atoms with Crippen molar-refractivity contribution in [1.82, 2.24) is 15.1 Å². The predicted octanol–water partition coefficient (Wildman–Crippen LogP) is 3.44. The average molecular weight is 306 g/mol. The Morgan fingerprint density at radius 2 is 2.33 bits per heavy atom. The molecule has 2 aromatic rings. The number of carbonyl (C=O) groups is 1. The van der Waals surface area contributed by atoms with Gasteiger partial charge in [0.15, 0.2) is 0 Å². The van der Waals surface area contributed by atoms with Crippen molar-refractivity contribution in [2.45, 2.75) is 25.3 Å². The first kappa shape index (κ1) is 13.9. The zero-order valence-electron chi connectivity index (χ0n) is 11.3. The number of urea groups is 1. The van der Waals surface area contributed by atoms with Gasteiger partial charge >= 0.3 is 6.03 Å². The summed E-state index contributed by atoms with van der Waals surface area (Å²) in [4.78, 5) is 14.1. The van der Waals surface area contributed by atoms with Crippen LogP contribution in [0.15, 0.2) is 29.8 Å². The Morgan fingerprint density at radius 3 is 3.10 bits per heavy atom. The highest BCUT2D eigenvalue weighted by Crippen LogP contribution is 2.31. The van der Waals surface area contributed by atoms with E-state index in [1.54, 1.807) is 16.5 Å². The van der Waals surface area contributed by atoms with Gasteiger partial charge in [-0.25, -0.2) is 9.18 Å². The molecule has 0 spiro atoms. The highest BCUT2D eigenvalue weighted by molar-refractivity contribution is 7.13. The molecule has 1 saturated heterocycles. The molecule has 5 nitrogen and oxygen atoms in total. The van der Waals surface area contributed by atoms with Crippen LogP contribution in [0.1, 0.15) is 30.9 Å². The molecule has 2 amide bonds. The summed E-state index contributed by atoms with van der Waals surface area (Å²) in [6, 6.07) is 6.16. The molecular formula is C14H15FN4OS. The molecule has 0 unspecified atom stereocenters. The molecule has 7 heteroatoms. The van der Waals surface area contributed by atoms with Gasteiger partial charge in [-0.2, -0.15) is 0 Å². The number of hydrogen-bond acceptors (Lipinski definition) is 4. The lowest BCUT2D eigenvalue weighted by atomic mass is 9.95. The first-order valence-corrected chi connectivity index (χ1v) is 7.71. The molecule has 0 bridgehead atoms. The van der Waals surface area contributed by atoms with Crippen molar-refractivity contribution >= 4 is 22.5 Å². The Kier molecular flexibility index (Phi) is 4.10. The highest BCUT2D eigenvalue weighted by atomic mass is 32.1. The first-order chi connectivity index (χ1) is 10.2. The van der Waals surface area contributed by atoms with Crippen LogP contribution in [-0.4, -0.2) is 27.7 Å². The fraction of sp³-hybridized carbons (Fsp3) is 0.357. The van der Waals surface area contributed by atoms with Crippen molar-refractivity contribution in [3.63, 3.8) is 0 Å². The zero-order chi connectivity index (χ0) is 14.7. The topological polar surface area (TPSA) is 58.1 Å². The Morgan fingerprint density at radius 1 is 1.43 bits per heavy atom. The van der Waals surface area contributed by atoms with Gasteiger partial charge in [0.25, 0.3) is 0 Å². The van der Waals surface area contributed by atoms with E-state index < -0.39 is 0 Å². The van der Waals surface area contributed by atoms with Gasteiger partial charge in [0.1, 0.15) is 11.3 Å². The number of piperidine rings is 1. The molecule has 0 radical (unpaired) electrons. The summed E-state index contributed by atoms with van der Waals surface area (Å²) in [7, 11) is 0. The summed E-state index contributed by atoms with van der Waals surface area (Å²) in [6.07, 6.45) is 2.83. The van der Waals surface area contributed by atoms with Gasteiger partial charge in [0, 0.05) is 6.54 Å². The predicted molar refractivity (Wildman–Crippen MR) is 78.6 cm³/mol. The molecule has 1 aliphatic rings. The quantitative estimate of drug-likeness (QED) is 0.924. The Labute approximate surface area is 125 Å². The minimum atomic E-state index is -0.275. The van der Waals surface area contributed by atoms with Gasteiger partial charge < -0.3 is 4.90 Å². The van der Waals surface area contributed by atoms with Crippen LogP contribution in [0.25, 0.3) is 0 Å². The van der Waals surface area contributed by atoms with Crippen molar-refractivity contribution in [3.8, 4) is 0 Å². The molecule has 1 aliphatic heterocycles.